The second-order valence-electron chi connectivity index (χ2n) is 5.73. The molecule has 0 aliphatic heterocycles. The molecule has 4 nitrogen and oxygen atoms in total. The van der Waals surface area contributed by atoms with Gasteiger partial charge in [-0.2, -0.15) is 0 Å². The van der Waals surface area contributed by atoms with Crippen LogP contribution in [0.1, 0.15) is 32.1 Å². The lowest BCUT2D eigenvalue weighted by Crippen LogP contribution is -2.35. The number of nitrogens with zero attached hydrogens (tertiary/aromatic N) is 1. The summed E-state index contributed by atoms with van der Waals surface area (Å²) in [5, 5.41) is 6.75. The van der Waals surface area contributed by atoms with Gasteiger partial charge in [-0.3, -0.25) is 4.99 Å². The Balaban J connectivity index is 2.01. The standard InChI is InChI=1S/C17H28N4S/c1-22-16-10-6-5-9-15(16)21-17(19-12-11-18)20-13-14-7-3-2-4-8-14/h5-6,9-10,14H,2-4,7-8,11-13,18H2,1H3,(H2,19,20,21). The zero-order valence-electron chi connectivity index (χ0n) is 13.5. The van der Waals surface area contributed by atoms with E-state index in [4.69, 9.17) is 10.7 Å². The number of hydrogen-bond donors (Lipinski definition) is 3. The summed E-state index contributed by atoms with van der Waals surface area (Å²) in [5.74, 6) is 1.58. The van der Waals surface area contributed by atoms with Crippen molar-refractivity contribution in [1.82, 2.24) is 5.32 Å². The van der Waals surface area contributed by atoms with Gasteiger partial charge in [0.2, 0.25) is 0 Å². The molecule has 1 fully saturated rings. The Kier molecular flexibility index (Phi) is 7.60. The Labute approximate surface area is 138 Å². The average molecular weight is 321 g/mol. The van der Waals surface area contributed by atoms with E-state index in [1.807, 2.05) is 6.07 Å². The van der Waals surface area contributed by atoms with Crippen molar-refractivity contribution in [3.05, 3.63) is 24.3 Å². The van der Waals surface area contributed by atoms with E-state index in [1.54, 1.807) is 11.8 Å². The Bertz CT molecular complexity index is 469. The topological polar surface area (TPSA) is 62.4 Å². The van der Waals surface area contributed by atoms with Crippen LogP contribution >= 0.6 is 11.8 Å². The van der Waals surface area contributed by atoms with Crippen LogP contribution in [0.3, 0.4) is 0 Å². The summed E-state index contributed by atoms with van der Waals surface area (Å²) in [6, 6.07) is 8.31. The summed E-state index contributed by atoms with van der Waals surface area (Å²) in [6.07, 6.45) is 8.82. The first-order chi connectivity index (χ1) is 10.8. The van der Waals surface area contributed by atoms with Crippen LogP contribution in [0.2, 0.25) is 0 Å². The van der Waals surface area contributed by atoms with Gasteiger partial charge in [-0.05, 0) is 37.1 Å². The van der Waals surface area contributed by atoms with Crippen LogP contribution in [0.15, 0.2) is 34.2 Å². The lowest BCUT2D eigenvalue weighted by molar-refractivity contribution is 0.366. The van der Waals surface area contributed by atoms with Crippen LogP contribution in [0.25, 0.3) is 0 Å². The number of guanidine groups is 1. The quantitative estimate of drug-likeness (QED) is 0.427. The van der Waals surface area contributed by atoms with Crippen molar-refractivity contribution in [2.75, 3.05) is 31.2 Å². The van der Waals surface area contributed by atoms with Gasteiger partial charge in [0.15, 0.2) is 5.96 Å². The molecule has 1 aliphatic carbocycles. The Morgan fingerprint density at radius 3 is 2.77 bits per heavy atom. The van der Waals surface area contributed by atoms with E-state index >= 15 is 0 Å². The van der Waals surface area contributed by atoms with Gasteiger partial charge < -0.3 is 16.4 Å². The Morgan fingerprint density at radius 2 is 2.05 bits per heavy atom. The highest BCUT2D eigenvalue weighted by atomic mass is 32.2. The smallest absolute Gasteiger partial charge is 0.195 e. The second kappa shape index (κ2) is 9.74. The summed E-state index contributed by atoms with van der Waals surface area (Å²) in [6.45, 7) is 2.24. The minimum absolute atomic E-state index is 0.605. The van der Waals surface area contributed by atoms with E-state index in [1.165, 1.54) is 37.0 Å². The SMILES string of the molecule is CSc1ccccc1NC(=NCC1CCCCC1)NCCN. The van der Waals surface area contributed by atoms with Gasteiger partial charge in [0.1, 0.15) is 0 Å². The monoisotopic (exact) mass is 320 g/mol. The van der Waals surface area contributed by atoms with Gasteiger partial charge in [-0.15, -0.1) is 11.8 Å². The van der Waals surface area contributed by atoms with Gasteiger partial charge in [0.25, 0.3) is 0 Å². The van der Waals surface area contributed by atoms with Crippen LogP contribution in [-0.2, 0) is 0 Å². The van der Waals surface area contributed by atoms with Crippen LogP contribution in [0.4, 0.5) is 5.69 Å². The minimum atomic E-state index is 0.605. The highest BCUT2D eigenvalue weighted by Crippen LogP contribution is 2.25. The molecule has 0 unspecified atom stereocenters. The highest BCUT2D eigenvalue weighted by Gasteiger charge is 2.13. The molecular formula is C17H28N4S. The minimum Gasteiger partial charge on any atom is -0.355 e. The summed E-state index contributed by atoms with van der Waals surface area (Å²) < 4.78 is 0. The van der Waals surface area contributed by atoms with Crippen molar-refractivity contribution in [3.63, 3.8) is 0 Å². The average Bonchev–Trinajstić information content (AvgIpc) is 2.58. The molecule has 0 aromatic heterocycles. The molecule has 1 aromatic carbocycles. The number of nitrogens with two attached hydrogens (primary N) is 1. The van der Waals surface area contributed by atoms with E-state index in [-0.39, 0.29) is 0 Å². The molecule has 5 heteroatoms. The molecule has 4 N–H and O–H groups in total. The largest absolute Gasteiger partial charge is 0.355 e. The molecule has 1 aliphatic rings. The van der Waals surface area contributed by atoms with Crippen LogP contribution in [0.5, 0.6) is 0 Å². The molecule has 0 atom stereocenters. The molecule has 1 saturated carbocycles. The maximum atomic E-state index is 5.62. The van der Waals surface area contributed by atoms with Crippen LogP contribution < -0.4 is 16.4 Å². The summed E-state index contributed by atoms with van der Waals surface area (Å²) in [4.78, 5) is 6.01. The molecular weight excluding hydrogens is 292 g/mol. The van der Waals surface area contributed by atoms with Crippen molar-refractivity contribution in [2.45, 2.75) is 37.0 Å². The highest BCUT2D eigenvalue weighted by molar-refractivity contribution is 7.98. The predicted octanol–water partition coefficient (Wildman–Crippen LogP) is 3.30. The van der Waals surface area contributed by atoms with E-state index < -0.39 is 0 Å². The zero-order chi connectivity index (χ0) is 15.6. The van der Waals surface area contributed by atoms with Crippen molar-refractivity contribution in [3.8, 4) is 0 Å². The van der Waals surface area contributed by atoms with E-state index in [2.05, 4.69) is 35.1 Å². The molecule has 0 radical (unpaired) electrons. The van der Waals surface area contributed by atoms with Gasteiger partial charge in [-0.25, -0.2) is 0 Å². The van der Waals surface area contributed by atoms with Crippen molar-refractivity contribution >= 4 is 23.4 Å². The first kappa shape index (κ1) is 17.2. The fourth-order valence-corrected chi connectivity index (χ4v) is 3.35. The summed E-state index contributed by atoms with van der Waals surface area (Å²) in [7, 11) is 0. The maximum Gasteiger partial charge on any atom is 0.195 e. The molecule has 1 aromatic rings. The number of benzene rings is 1. The first-order valence-electron chi connectivity index (χ1n) is 8.22. The second-order valence-corrected chi connectivity index (χ2v) is 6.58. The van der Waals surface area contributed by atoms with Crippen molar-refractivity contribution in [2.24, 2.45) is 16.6 Å². The number of anilines is 1. The van der Waals surface area contributed by atoms with Gasteiger partial charge in [0, 0.05) is 24.5 Å². The van der Waals surface area contributed by atoms with Crippen LogP contribution in [0, 0.1) is 5.92 Å². The number of thioether (sulfide) groups is 1. The molecule has 2 rings (SSSR count). The van der Waals surface area contributed by atoms with Gasteiger partial charge in [0.05, 0.1) is 5.69 Å². The van der Waals surface area contributed by atoms with Crippen LogP contribution in [-0.4, -0.2) is 31.8 Å². The molecule has 0 amide bonds. The summed E-state index contributed by atoms with van der Waals surface area (Å²) in [5.41, 5.74) is 6.71. The van der Waals surface area contributed by atoms with E-state index in [9.17, 15) is 0 Å². The van der Waals surface area contributed by atoms with Crippen molar-refractivity contribution in [1.29, 1.82) is 0 Å². The fourth-order valence-electron chi connectivity index (χ4n) is 2.80. The molecule has 122 valence electrons. The third-order valence-corrected chi connectivity index (χ3v) is 4.82. The normalized spacial score (nSPS) is 16.5. The Morgan fingerprint density at radius 1 is 1.27 bits per heavy atom. The third kappa shape index (κ3) is 5.54. The van der Waals surface area contributed by atoms with E-state index in [0.717, 1.165) is 30.7 Å². The maximum absolute atomic E-state index is 5.62. The number of aliphatic imine (C=N–C) groups is 1. The predicted molar refractivity (Wildman–Crippen MR) is 97.8 cm³/mol. The first-order valence-corrected chi connectivity index (χ1v) is 9.44. The van der Waals surface area contributed by atoms with E-state index in [0.29, 0.717) is 6.54 Å². The number of para-hydroxylation sites is 1. The Hall–Kier alpha value is -1.20. The summed E-state index contributed by atoms with van der Waals surface area (Å²) >= 11 is 1.74. The fraction of sp³-hybridized carbons (Fsp3) is 0.588. The van der Waals surface area contributed by atoms with Gasteiger partial charge >= 0.3 is 0 Å². The van der Waals surface area contributed by atoms with Gasteiger partial charge in [-0.1, -0.05) is 31.4 Å². The molecule has 0 saturated heterocycles. The van der Waals surface area contributed by atoms with Crippen molar-refractivity contribution < 1.29 is 0 Å². The zero-order valence-corrected chi connectivity index (χ0v) is 14.3. The molecule has 22 heavy (non-hydrogen) atoms. The number of hydrogen-bond acceptors (Lipinski definition) is 3. The molecule has 0 heterocycles. The lowest BCUT2D eigenvalue weighted by atomic mass is 9.89. The third-order valence-electron chi connectivity index (χ3n) is 4.03. The number of nitrogens with one attached hydrogen (secondary N) is 2. The molecule has 0 bridgehead atoms. The molecule has 0 spiro atoms. The lowest BCUT2D eigenvalue weighted by Gasteiger charge is -2.20. The number of rotatable bonds is 6.